The van der Waals surface area contributed by atoms with E-state index >= 15 is 0 Å². The van der Waals surface area contributed by atoms with Gasteiger partial charge in [-0.15, -0.1) is 11.3 Å². The number of amides is 4. The monoisotopic (exact) mass is 636 g/mol. The van der Waals surface area contributed by atoms with Crippen LogP contribution in [0.5, 0.6) is 0 Å². The molecule has 242 valence electrons. The number of carbonyl (C=O) groups is 3. The summed E-state index contributed by atoms with van der Waals surface area (Å²) >= 11 is 1.34. The van der Waals surface area contributed by atoms with E-state index in [-0.39, 0.29) is 11.7 Å². The van der Waals surface area contributed by atoms with Gasteiger partial charge in [-0.3, -0.25) is 20.0 Å². The second-order valence-electron chi connectivity index (χ2n) is 11.9. The molecule has 1 saturated heterocycles. The van der Waals surface area contributed by atoms with Crippen molar-refractivity contribution in [2.45, 2.75) is 52.2 Å². The molecule has 0 radical (unpaired) electrons. The van der Waals surface area contributed by atoms with Crippen molar-refractivity contribution in [2.24, 2.45) is 0 Å². The van der Waals surface area contributed by atoms with E-state index in [1.165, 1.54) is 16.9 Å². The minimum atomic E-state index is -0.642. The molecule has 0 bridgehead atoms. The third kappa shape index (κ3) is 11.8. The number of pyridine rings is 1. The topological polar surface area (TPSA) is 125 Å². The number of thiophene rings is 1. The number of hydrogen-bond acceptors (Lipinski definition) is 8. The fraction of sp³-hybridized carbons (Fsp3) is 0.455. The highest BCUT2D eigenvalue weighted by molar-refractivity contribution is 7.09. The van der Waals surface area contributed by atoms with Crippen LogP contribution in [0.1, 0.15) is 55.2 Å². The van der Waals surface area contributed by atoms with Gasteiger partial charge in [0.1, 0.15) is 11.3 Å². The van der Waals surface area contributed by atoms with E-state index in [1.54, 1.807) is 48.7 Å². The first kappa shape index (κ1) is 33.9. The summed E-state index contributed by atoms with van der Waals surface area (Å²) < 4.78 is 10.8. The summed E-state index contributed by atoms with van der Waals surface area (Å²) in [6.07, 6.45) is 3.61. The molecule has 3 N–H and O–H groups in total. The van der Waals surface area contributed by atoms with Gasteiger partial charge in [0.15, 0.2) is 0 Å². The number of aromatic nitrogens is 1. The van der Waals surface area contributed by atoms with E-state index in [2.05, 4.69) is 38.0 Å². The number of rotatable bonds is 13. The number of nitrogens with one attached hydrogen (secondary N) is 3. The number of anilines is 2. The Kier molecular flexibility index (Phi) is 12.7. The number of nitrogens with zero attached hydrogens (tertiary/aromatic N) is 3. The highest BCUT2D eigenvalue weighted by atomic mass is 32.1. The number of carbonyl (C=O) groups excluding carboxylic acids is 3. The molecule has 45 heavy (non-hydrogen) atoms. The Morgan fingerprint density at radius 1 is 0.978 bits per heavy atom. The lowest BCUT2D eigenvalue weighted by molar-refractivity contribution is 0.0364. The number of morpholine rings is 1. The van der Waals surface area contributed by atoms with Gasteiger partial charge in [-0.2, -0.15) is 0 Å². The summed E-state index contributed by atoms with van der Waals surface area (Å²) in [6, 6.07) is 13.6. The molecule has 1 aromatic carbocycles. The van der Waals surface area contributed by atoms with Gasteiger partial charge in [-0.1, -0.05) is 36.4 Å². The fourth-order valence-electron chi connectivity index (χ4n) is 4.77. The number of benzene rings is 1. The highest BCUT2D eigenvalue weighted by Crippen LogP contribution is 2.27. The molecular formula is C33H44N6O5S. The Morgan fingerprint density at radius 2 is 1.71 bits per heavy atom. The highest BCUT2D eigenvalue weighted by Gasteiger charge is 2.20. The summed E-state index contributed by atoms with van der Waals surface area (Å²) in [7, 11) is 0. The van der Waals surface area contributed by atoms with Gasteiger partial charge in [-0.25, -0.2) is 9.59 Å². The summed E-state index contributed by atoms with van der Waals surface area (Å²) in [5.74, 6) is -0.411. The maximum absolute atomic E-state index is 13.2. The largest absolute Gasteiger partial charge is 0.444 e. The fourth-order valence-corrected chi connectivity index (χ4v) is 5.48. The van der Waals surface area contributed by atoms with E-state index in [0.29, 0.717) is 31.0 Å². The summed E-state index contributed by atoms with van der Waals surface area (Å²) in [5, 5.41) is 12.0. The zero-order valence-electron chi connectivity index (χ0n) is 26.3. The first-order chi connectivity index (χ1) is 21.7. The van der Waals surface area contributed by atoms with Crippen LogP contribution in [0.25, 0.3) is 0 Å². The van der Waals surface area contributed by atoms with Gasteiger partial charge in [0.25, 0.3) is 5.91 Å². The van der Waals surface area contributed by atoms with Crippen LogP contribution in [0, 0.1) is 0 Å². The molecule has 0 unspecified atom stereocenters. The Labute approximate surface area is 269 Å². The van der Waals surface area contributed by atoms with E-state index in [1.807, 2.05) is 24.3 Å². The molecule has 11 nitrogen and oxygen atoms in total. The minimum absolute atomic E-state index is 0.116. The van der Waals surface area contributed by atoms with Crippen LogP contribution < -0.4 is 16.0 Å². The van der Waals surface area contributed by atoms with Crippen molar-refractivity contribution in [1.82, 2.24) is 20.1 Å². The lowest BCUT2D eigenvalue weighted by Gasteiger charge is -2.28. The zero-order valence-corrected chi connectivity index (χ0v) is 27.2. The van der Waals surface area contributed by atoms with Crippen LogP contribution >= 0.6 is 11.3 Å². The van der Waals surface area contributed by atoms with Crippen molar-refractivity contribution in [1.29, 1.82) is 0 Å². The Morgan fingerprint density at radius 3 is 2.40 bits per heavy atom. The Hall–Kier alpha value is -4.00. The molecular weight excluding hydrogens is 592 g/mol. The predicted octanol–water partition coefficient (Wildman–Crippen LogP) is 5.61. The summed E-state index contributed by atoms with van der Waals surface area (Å²) in [6.45, 7) is 11.1. The SMILES string of the molecule is CC(C)(C)OC(=O)Nc1cscc1NC(=O)c1ccc(CN(CCCN2CCOCC2)C(=O)NCCCc2ccccc2)cn1. The van der Waals surface area contributed by atoms with E-state index in [0.717, 1.165) is 57.7 Å². The standard InChI is InChI=1S/C33H44N6O5S/c1-33(2,3)44-32(42)37-29-24-45-23-28(29)36-30(40)27-13-12-26(21-35-27)22-39(16-8-15-38-17-19-43-20-18-38)31(41)34-14-7-11-25-9-5-4-6-10-25/h4-6,9-10,12-13,21,23-24H,7-8,11,14-20,22H2,1-3H3,(H,34,41)(H,36,40)(H,37,42). The van der Waals surface area contributed by atoms with Crippen LogP contribution in [0.3, 0.4) is 0 Å². The summed E-state index contributed by atoms with van der Waals surface area (Å²) in [4.78, 5) is 46.9. The summed E-state index contributed by atoms with van der Waals surface area (Å²) in [5.41, 5.74) is 2.55. The molecule has 3 heterocycles. The molecule has 2 aromatic heterocycles. The lowest BCUT2D eigenvalue weighted by Crippen LogP contribution is -2.42. The maximum Gasteiger partial charge on any atom is 0.412 e. The van der Waals surface area contributed by atoms with Gasteiger partial charge in [0, 0.05) is 56.2 Å². The molecule has 0 saturated carbocycles. The molecule has 3 aromatic rings. The molecule has 1 aliphatic heterocycles. The Balaban J connectivity index is 1.32. The van der Waals surface area contributed by atoms with Gasteiger partial charge >= 0.3 is 12.1 Å². The quantitative estimate of drug-likeness (QED) is 0.208. The third-order valence-corrected chi connectivity index (χ3v) is 7.77. The van der Waals surface area contributed by atoms with E-state index in [4.69, 9.17) is 9.47 Å². The van der Waals surface area contributed by atoms with Gasteiger partial charge < -0.3 is 25.0 Å². The molecule has 0 atom stereocenters. The van der Waals surface area contributed by atoms with Crippen molar-refractivity contribution < 1.29 is 23.9 Å². The molecule has 1 aliphatic rings. The maximum atomic E-state index is 13.2. The second-order valence-corrected chi connectivity index (χ2v) is 12.6. The first-order valence-electron chi connectivity index (χ1n) is 15.4. The van der Waals surface area contributed by atoms with Crippen LogP contribution in [0.15, 0.2) is 59.4 Å². The number of aryl methyl sites for hydroxylation is 1. The molecule has 0 aliphatic carbocycles. The third-order valence-electron chi connectivity index (χ3n) is 7.03. The molecule has 1 fully saturated rings. The van der Waals surface area contributed by atoms with Crippen molar-refractivity contribution >= 4 is 40.7 Å². The lowest BCUT2D eigenvalue weighted by atomic mass is 10.1. The van der Waals surface area contributed by atoms with Crippen LogP contribution in [-0.4, -0.2) is 84.4 Å². The average molecular weight is 637 g/mol. The molecule has 4 amide bonds. The van der Waals surface area contributed by atoms with E-state index < -0.39 is 17.6 Å². The van der Waals surface area contributed by atoms with Crippen molar-refractivity contribution in [3.63, 3.8) is 0 Å². The van der Waals surface area contributed by atoms with Crippen molar-refractivity contribution in [3.8, 4) is 0 Å². The van der Waals surface area contributed by atoms with Crippen LogP contribution in [0.4, 0.5) is 21.0 Å². The van der Waals surface area contributed by atoms with Crippen LogP contribution in [0.2, 0.25) is 0 Å². The molecule has 12 heteroatoms. The van der Waals surface area contributed by atoms with Gasteiger partial charge in [0.2, 0.25) is 0 Å². The van der Waals surface area contributed by atoms with Crippen LogP contribution in [-0.2, 0) is 22.4 Å². The smallest absolute Gasteiger partial charge is 0.412 e. The minimum Gasteiger partial charge on any atom is -0.444 e. The number of hydrogen-bond donors (Lipinski definition) is 3. The number of ether oxygens (including phenoxy) is 2. The first-order valence-corrected chi connectivity index (χ1v) is 16.3. The van der Waals surface area contributed by atoms with Crippen molar-refractivity contribution in [3.05, 3.63) is 76.2 Å². The zero-order chi connectivity index (χ0) is 32.1. The van der Waals surface area contributed by atoms with Gasteiger partial charge in [-0.05, 0) is 57.2 Å². The van der Waals surface area contributed by atoms with Gasteiger partial charge in [0.05, 0.1) is 24.6 Å². The van der Waals surface area contributed by atoms with E-state index in [9.17, 15) is 14.4 Å². The molecule has 0 spiro atoms. The predicted molar refractivity (Wildman–Crippen MR) is 177 cm³/mol. The average Bonchev–Trinajstić information content (AvgIpc) is 3.44. The second kappa shape index (κ2) is 16.9. The molecule has 4 rings (SSSR count). The van der Waals surface area contributed by atoms with Crippen molar-refractivity contribution in [2.75, 3.05) is 56.6 Å². The normalized spacial score (nSPS) is 13.6. The number of urea groups is 1. The Bertz CT molecular complexity index is 1370.